The number of nitrogens with one attached hydrogen (secondary N) is 2. The number of rotatable bonds is 4. The Hall–Kier alpha value is -0.860. The molecule has 1 heterocycles. The number of hydrogen-bond acceptors (Lipinski definition) is 4. The minimum absolute atomic E-state index is 0. The number of guanidine groups is 1. The van der Waals surface area contributed by atoms with Crippen molar-refractivity contribution in [3.63, 3.8) is 0 Å². The van der Waals surface area contributed by atoms with Crippen molar-refractivity contribution in [2.75, 3.05) is 6.54 Å². The van der Waals surface area contributed by atoms with E-state index in [1.165, 1.54) is 6.42 Å². The van der Waals surface area contributed by atoms with Gasteiger partial charge in [0.25, 0.3) is 0 Å². The molecule has 0 saturated heterocycles. The van der Waals surface area contributed by atoms with Crippen molar-refractivity contribution < 1.29 is 4.52 Å². The Morgan fingerprint density at radius 3 is 2.57 bits per heavy atom. The molecule has 1 aliphatic rings. The van der Waals surface area contributed by atoms with Crippen LogP contribution in [-0.4, -0.2) is 28.7 Å². The largest absolute Gasteiger partial charge is 0.357 e. The highest BCUT2D eigenvalue weighted by Crippen LogP contribution is 2.28. The van der Waals surface area contributed by atoms with Gasteiger partial charge in [0.05, 0.1) is 0 Å². The van der Waals surface area contributed by atoms with Crippen molar-refractivity contribution in [2.45, 2.75) is 59.0 Å². The maximum absolute atomic E-state index is 5.26. The van der Waals surface area contributed by atoms with Crippen LogP contribution in [0.1, 0.15) is 52.8 Å². The van der Waals surface area contributed by atoms with E-state index in [1.54, 1.807) is 0 Å². The predicted molar refractivity (Wildman–Crippen MR) is 93.9 cm³/mol. The molecule has 2 unspecified atom stereocenters. The Morgan fingerprint density at radius 2 is 2.10 bits per heavy atom. The van der Waals surface area contributed by atoms with Gasteiger partial charge < -0.3 is 15.2 Å². The van der Waals surface area contributed by atoms with Crippen molar-refractivity contribution >= 4 is 29.9 Å². The maximum Gasteiger partial charge on any atom is 0.232 e. The fraction of sp³-hybridized carbons (Fsp3) is 0.786. The molecule has 1 aromatic rings. The highest BCUT2D eigenvalue weighted by atomic mass is 127. The lowest BCUT2D eigenvalue weighted by Crippen LogP contribution is -2.39. The molecule has 0 aliphatic heterocycles. The molecule has 1 aromatic heterocycles. The lowest BCUT2D eigenvalue weighted by atomic mass is 9.97. The zero-order valence-electron chi connectivity index (χ0n) is 13.4. The van der Waals surface area contributed by atoms with Crippen molar-refractivity contribution in [1.82, 2.24) is 20.8 Å². The summed E-state index contributed by atoms with van der Waals surface area (Å²) in [4.78, 5) is 8.89. The zero-order valence-corrected chi connectivity index (χ0v) is 15.8. The van der Waals surface area contributed by atoms with Gasteiger partial charge >= 0.3 is 0 Å². The lowest BCUT2D eigenvalue weighted by Gasteiger charge is -2.10. The SMILES string of the molecule is CCNC(=NCc1noc(C(C)(C)C)n1)NC1CC1C.I. The summed E-state index contributed by atoms with van der Waals surface area (Å²) in [6.07, 6.45) is 1.21. The lowest BCUT2D eigenvalue weighted by molar-refractivity contribution is 0.318. The maximum atomic E-state index is 5.26. The normalized spacial score (nSPS) is 21.7. The molecule has 0 bridgehead atoms. The van der Waals surface area contributed by atoms with Crippen LogP contribution in [0.25, 0.3) is 0 Å². The van der Waals surface area contributed by atoms with Crippen molar-refractivity contribution in [3.8, 4) is 0 Å². The second-order valence-corrected chi connectivity index (χ2v) is 6.42. The third-order valence-electron chi connectivity index (χ3n) is 3.26. The highest BCUT2D eigenvalue weighted by Gasteiger charge is 2.33. The van der Waals surface area contributed by atoms with E-state index in [4.69, 9.17) is 4.52 Å². The molecule has 7 heteroatoms. The van der Waals surface area contributed by atoms with Crippen LogP contribution in [0.2, 0.25) is 0 Å². The average molecular weight is 407 g/mol. The van der Waals surface area contributed by atoms with Crippen LogP contribution < -0.4 is 10.6 Å². The first-order valence-corrected chi connectivity index (χ1v) is 7.28. The van der Waals surface area contributed by atoms with Crippen LogP contribution in [0.4, 0.5) is 0 Å². The van der Waals surface area contributed by atoms with Gasteiger partial charge in [-0.1, -0.05) is 32.9 Å². The standard InChI is InChI=1S/C14H25N5O.HI/c1-6-15-13(17-10-7-9(10)2)16-8-11-18-12(20-19-11)14(3,4)5;/h9-10H,6-8H2,1-5H3,(H2,15,16,17);1H. The molecular weight excluding hydrogens is 381 g/mol. The second kappa shape index (κ2) is 7.42. The molecule has 0 aromatic carbocycles. The van der Waals surface area contributed by atoms with Gasteiger partial charge in [-0.3, -0.25) is 0 Å². The van der Waals surface area contributed by atoms with Gasteiger partial charge in [0.15, 0.2) is 11.8 Å². The summed E-state index contributed by atoms with van der Waals surface area (Å²) >= 11 is 0. The smallest absolute Gasteiger partial charge is 0.232 e. The Kier molecular flexibility index (Phi) is 6.42. The first-order valence-electron chi connectivity index (χ1n) is 7.28. The number of halogens is 1. The monoisotopic (exact) mass is 407 g/mol. The van der Waals surface area contributed by atoms with E-state index in [0.717, 1.165) is 18.4 Å². The molecule has 1 fully saturated rings. The summed E-state index contributed by atoms with van der Waals surface area (Å²) in [5, 5.41) is 10.6. The molecule has 0 amide bonds. The van der Waals surface area contributed by atoms with Crippen LogP contribution >= 0.6 is 24.0 Å². The molecule has 1 aliphatic carbocycles. The summed E-state index contributed by atoms with van der Waals surface area (Å²) in [6, 6.07) is 0.545. The summed E-state index contributed by atoms with van der Waals surface area (Å²) in [7, 11) is 0. The van der Waals surface area contributed by atoms with Gasteiger partial charge in [0.2, 0.25) is 5.89 Å². The van der Waals surface area contributed by atoms with Crippen molar-refractivity contribution in [1.29, 1.82) is 0 Å². The molecule has 0 radical (unpaired) electrons. The van der Waals surface area contributed by atoms with Gasteiger partial charge in [0, 0.05) is 18.0 Å². The van der Waals surface area contributed by atoms with E-state index >= 15 is 0 Å². The fourth-order valence-electron chi connectivity index (χ4n) is 1.79. The second-order valence-electron chi connectivity index (χ2n) is 6.42. The van der Waals surface area contributed by atoms with E-state index in [-0.39, 0.29) is 29.4 Å². The molecule has 120 valence electrons. The molecule has 2 rings (SSSR count). The van der Waals surface area contributed by atoms with E-state index in [0.29, 0.717) is 24.3 Å². The molecule has 2 N–H and O–H groups in total. The Morgan fingerprint density at radius 1 is 1.43 bits per heavy atom. The van der Waals surface area contributed by atoms with E-state index in [2.05, 4.69) is 39.6 Å². The zero-order chi connectivity index (χ0) is 14.8. The van der Waals surface area contributed by atoms with Crippen molar-refractivity contribution in [2.24, 2.45) is 10.9 Å². The minimum Gasteiger partial charge on any atom is -0.357 e. The topological polar surface area (TPSA) is 75.3 Å². The summed E-state index contributed by atoms with van der Waals surface area (Å²) < 4.78 is 5.26. The Bertz CT molecular complexity index is 480. The number of aromatic nitrogens is 2. The Labute approximate surface area is 143 Å². The Balaban J connectivity index is 0.00000220. The highest BCUT2D eigenvalue weighted by molar-refractivity contribution is 14.0. The van der Waals surface area contributed by atoms with Gasteiger partial charge in [-0.15, -0.1) is 24.0 Å². The van der Waals surface area contributed by atoms with E-state index in [9.17, 15) is 0 Å². The average Bonchev–Trinajstić information content (AvgIpc) is 2.88. The minimum atomic E-state index is -0.124. The summed E-state index contributed by atoms with van der Waals surface area (Å²) in [5.41, 5.74) is -0.124. The fourth-order valence-corrected chi connectivity index (χ4v) is 1.79. The molecule has 21 heavy (non-hydrogen) atoms. The third kappa shape index (κ3) is 5.44. The van der Waals surface area contributed by atoms with Crippen LogP contribution in [-0.2, 0) is 12.0 Å². The predicted octanol–water partition coefficient (Wildman–Crippen LogP) is 2.45. The van der Waals surface area contributed by atoms with E-state index in [1.807, 2.05) is 20.8 Å². The summed E-state index contributed by atoms with van der Waals surface area (Å²) in [5.74, 6) is 2.83. The third-order valence-corrected chi connectivity index (χ3v) is 3.26. The van der Waals surface area contributed by atoms with Gasteiger partial charge in [-0.05, 0) is 19.3 Å². The molecule has 1 saturated carbocycles. The van der Waals surface area contributed by atoms with E-state index < -0.39 is 0 Å². The summed E-state index contributed by atoms with van der Waals surface area (Å²) in [6.45, 7) is 11.7. The van der Waals surface area contributed by atoms with Crippen molar-refractivity contribution in [3.05, 3.63) is 11.7 Å². The van der Waals surface area contributed by atoms with Crippen LogP contribution in [0.5, 0.6) is 0 Å². The first kappa shape index (κ1) is 18.2. The molecule has 6 nitrogen and oxygen atoms in total. The number of hydrogen-bond donors (Lipinski definition) is 2. The quantitative estimate of drug-likeness (QED) is 0.456. The van der Waals surface area contributed by atoms with Gasteiger partial charge in [-0.2, -0.15) is 4.98 Å². The van der Waals surface area contributed by atoms with Crippen LogP contribution in [0.3, 0.4) is 0 Å². The number of aliphatic imine (C=N–C) groups is 1. The van der Waals surface area contributed by atoms with Gasteiger partial charge in [0.1, 0.15) is 6.54 Å². The van der Waals surface area contributed by atoms with Gasteiger partial charge in [-0.25, -0.2) is 4.99 Å². The van der Waals surface area contributed by atoms with Crippen LogP contribution in [0.15, 0.2) is 9.52 Å². The van der Waals surface area contributed by atoms with Crippen LogP contribution in [0, 0.1) is 5.92 Å². The first-order chi connectivity index (χ1) is 9.40. The number of nitrogens with zero attached hydrogens (tertiary/aromatic N) is 3. The molecular formula is C14H26IN5O. The molecule has 2 atom stereocenters. The molecule has 0 spiro atoms.